The fourth-order valence-electron chi connectivity index (χ4n) is 2.84. The van der Waals surface area contributed by atoms with Crippen molar-refractivity contribution in [3.8, 4) is 0 Å². The van der Waals surface area contributed by atoms with E-state index in [9.17, 15) is 4.39 Å². The molecule has 3 rings (SSSR count). The lowest BCUT2D eigenvalue weighted by atomic mass is 9.91. The SMILES string of the molecule is Cc1ccc(C(N)C2CCc3cccnc32)cc1F. The fraction of sp³-hybridized carbons (Fsp3) is 0.312. The summed E-state index contributed by atoms with van der Waals surface area (Å²) in [5.74, 6) is 0.00509. The summed E-state index contributed by atoms with van der Waals surface area (Å²) in [6.45, 7) is 1.76. The van der Waals surface area contributed by atoms with Crippen LogP contribution >= 0.6 is 0 Å². The van der Waals surface area contributed by atoms with E-state index in [2.05, 4.69) is 11.1 Å². The van der Waals surface area contributed by atoms with Gasteiger partial charge in [0.2, 0.25) is 0 Å². The summed E-state index contributed by atoms with van der Waals surface area (Å²) in [6, 6.07) is 9.14. The Balaban J connectivity index is 1.93. The highest BCUT2D eigenvalue weighted by Gasteiger charge is 2.29. The summed E-state index contributed by atoms with van der Waals surface area (Å²) in [6.07, 6.45) is 3.80. The van der Waals surface area contributed by atoms with Crippen LogP contribution in [0.15, 0.2) is 36.5 Å². The van der Waals surface area contributed by atoms with Crippen molar-refractivity contribution in [2.45, 2.75) is 31.7 Å². The maximum Gasteiger partial charge on any atom is 0.126 e. The van der Waals surface area contributed by atoms with Gasteiger partial charge < -0.3 is 5.73 Å². The number of nitrogens with zero attached hydrogens (tertiary/aromatic N) is 1. The van der Waals surface area contributed by atoms with Crippen molar-refractivity contribution in [2.75, 3.05) is 0 Å². The van der Waals surface area contributed by atoms with Gasteiger partial charge in [0, 0.05) is 23.9 Å². The van der Waals surface area contributed by atoms with Gasteiger partial charge in [-0.05, 0) is 48.6 Å². The molecule has 2 N–H and O–H groups in total. The Morgan fingerprint density at radius 3 is 3.00 bits per heavy atom. The molecule has 3 heteroatoms. The number of aryl methyl sites for hydroxylation is 2. The number of benzene rings is 1. The van der Waals surface area contributed by atoms with E-state index in [1.807, 2.05) is 12.1 Å². The molecule has 1 aromatic heterocycles. The second-order valence-corrected chi connectivity index (χ2v) is 5.23. The topological polar surface area (TPSA) is 38.9 Å². The minimum Gasteiger partial charge on any atom is -0.323 e. The zero-order valence-electron chi connectivity index (χ0n) is 10.9. The first-order valence-electron chi connectivity index (χ1n) is 6.62. The van der Waals surface area contributed by atoms with E-state index < -0.39 is 0 Å². The third-order valence-electron chi connectivity index (χ3n) is 4.02. The molecule has 0 bridgehead atoms. The van der Waals surface area contributed by atoms with Crippen LogP contribution < -0.4 is 5.73 Å². The number of hydrogen-bond acceptors (Lipinski definition) is 2. The summed E-state index contributed by atoms with van der Waals surface area (Å²) in [5.41, 5.74) is 10.2. The molecule has 0 radical (unpaired) electrons. The molecule has 1 aliphatic carbocycles. The van der Waals surface area contributed by atoms with Gasteiger partial charge in [-0.25, -0.2) is 4.39 Å². The zero-order chi connectivity index (χ0) is 13.4. The minimum absolute atomic E-state index is 0.188. The number of pyridine rings is 1. The highest BCUT2D eigenvalue weighted by Crippen LogP contribution is 2.39. The van der Waals surface area contributed by atoms with E-state index in [1.165, 1.54) is 5.56 Å². The number of fused-ring (bicyclic) bond motifs is 1. The van der Waals surface area contributed by atoms with Crippen molar-refractivity contribution in [1.29, 1.82) is 0 Å². The van der Waals surface area contributed by atoms with Crippen LogP contribution in [0.25, 0.3) is 0 Å². The van der Waals surface area contributed by atoms with E-state index in [-0.39, 0.29) is 17.8 Å². The predicted octanol–water partition coefficient (Wildman–Crippen LogP) is 3.26. The molecule has 0 aliphatic heterocycles. The summed E-state index contributed by atoms with van der Waals surface area (Å²) in [5, 5.41) is 0. The molecule has 0 spiro atoms. The van der Waals surface area contributed by atoms with E-state index in [4.69, 9.17) is 5.73 Å². The molecule has 98 valence electrons. The van der Waals surface area contributed by atoms with Gasteiger partial charge in [0.25, 0.3) is 0 Å². The minimum atomic E-state index is -0.189. The Morgan fingerprint density at radius 2 is 2.21 bits per heavy atom. The standard InChI is InChI=1S/C16H17FN2/c1-10-4-5-12(9-14(10)17)15(18)13-7-6-11-3-2-8-19-16(11)13/h2-5,8-9,13,15H,6-7,18H2,1H3. The van der Waals surface area contributed by atoms with Gasteiger partial charge in [0.1, 0.15) is 5.82 Å². The summed E-state index contributed by atoms with van der Waals surface area (Å²) in [4.78, 5) is 4.45. The molecule has 0 saturated carbocycles. The largest absolute Gasteiger partial charge is 0.323 e. The Kier molecular flexibility index (Phi) is 3.07. The zero-order valence-corrected chi connectivity index (χ0v) is 10.9. The average molecular weight is 256 g/mol. The maximum absolute atomic E-state index is 13.7. The fourth-order valence-corrected chi connectivity index (χ4v) is 2.84. The molecule has 2 nitrogen and oxygen atoms in total. The van der Waals surface area contributed by atoms with Gasteiger partial charge in [0.05, 0.1) is 0 Å². The molecule has 19 heavy (non-hydrogen) atoms. The van der Waals surface area contributed by atoms with Crippen molar-refractivity contribution in [3.63, 3.8) is 0 Å². The normalized spacial score (nSPS) is 19.2. The second-order valence-electron chi connectivity index (χ2n) is 5.23. The molecular weight excluding hydrogens is 239 g/mol. The molecular formula is C16H17FN2. The first kappa shape index (κ1) is 12.3. The second kappa shape index (κ2) is 4.74. The molecule has 2 unspecified atom stereocenters. The summed E-state index contributed by atoms with van der Waals surface area (Å²) < 4.78 is 13.7. The van der Waals surface area contributed by atoms with Crippen molar-refractivity contribution in [3.05, 3.63) is 64.7 Å². The smallest absolute Gasteiger partial charge is 0.126 e. The molecule has 2 aromatic rings. The highest BCUT2D eigenvalue weighted by atomic mass is 19.1. The van der Waals surface area contributed by atoms with E-state index >= 15 is 0 Å². The Hall–Kier alpha value is -1.74. The lowest BCUT2D eigenvalue weighted by Gasteiger charge is -2.20. The van der Waals surface area contributed by atoms with Crippen molar-refractivity contribution < 1.29 is 4.39 Å². The van der Waals surface area contributed by atoms with Crippen LogP contribution in [0.3, 0.4) is 0 Å². The Morgan fingerprint density at radius 1 is 1.37 bits per heavy atom. The van der Waals surface area contributed by atoms with Crippen LogP contribution in [0.5, 0.6) is 0 Å². The quantitative estimate of drug-likeness (QED) is 0.895. The third kappa shape index (κ3) is 2.15. The lowest BCUT2D eigenvalue weighted by Crippen LogP contribution is -2.19. The third-order valence-corrected chi connectivity index (χ3v) is 4.02. The van der Waals surface area contributed by atoms with E-state index in [1.54, 1.807) is 25.3 Å². The first-order valence-corrected chi connectivity index (χ1v) is 6.62. The van der Waals surface area contributed by atoms with Gasteiger partial charge in [-0.1, -0.05) is 18.2 Å². The highest BCUT2D eigenvalue weighted by molar-refractivity contribution is 5.34. The molecule has 1 aromatic carbocycles. The Bertz CT molecular complexity index is 609. The lowest BCUT2D eigenvalue weighted by molar-refractivity contribution is 0.535. The summed E-state index contributed by atoms with van der Waals surface area (Å²) in [7, 11) is 0. The number of nitrogens with two attached hydrogens (primary N) is 1. The van der Waals surface area contributed by atoms with Crippen LogP contribution in [-0.4, -0.2) is 4.98 Å². The summed E-state index contributed by atoms with van der Waals surface area (Å²) >= 11 is 0. The molecule has 2 atom stereocenters. The molecule has 1 heterocycles. The van der Waals surface area contributed by atoms with E-state index in [0.717, 1.165) is 24.1 Å². The van der Waals surface area contributed by atoms with Crippen molar-refractivity contribution >= 4 is 0 Å². The van der Waals surface area contributed by atoms with Gasteiger partial charge in [-0.3, -0.25) is 4.98 Å². The number of halogens is 1. The Labute approximate surface area is 112 Å². The van der Waals surface area contributed by atoms with E-state index in [0.29, 0.717) is 5.56 Å². The maximum atomic E-state index is 13.7. The average Bonchev–Trinajstić information content (AvgIpc) is 2.85. The van der Waals surface area contributed by atoms with Crippen LogP contribution in [0, 0.1) is 12.7 Å². The predicted molar refractivity (Wildman–Crippen MR) is 73.4 cm³/mol. The van der Waals surface area contributed by atoms with Crippen LogP contribution in [0.2, 0.25) is 0 Å². The first-order chi connectivity index (χ1) is 9.16. The van der Waals surface area contributed by atoms with Crippen molar-refractivity contribution in [2.24, 2.45) is 5.73 Å². The molecule has 0 saturated heterocycles. The number of aromatic nitrogens is 1. The van der Waals surface area contributed by atoms with Gasteiger partial charge >= 0.3 is 0 Å². The van der Waals surface area contributed by atoms with Gasteiger partial charge in [-0.2, -0.15) is 0 Å². The van der Waals surface area contributed by atoms with Crippen LogP contribution in [0.1, 0.15) is 40.8 Å². The van der Waals surface area contributed by atoms with Crippen molar-refractivity contribution in [1.82, 2.24) is 4.98 Å². The van der Waals surface area contributed by atoms with Crippen LogP contribution in [-0.2, 0) is 6.42 Å². The van der Waals surface area contributed by atoms with Crippen LogP contribution in [0.4, 0.5) is 4.39 Å². The molecule has 0 amide bonds. The molecule has 0 fully saturated rings. The number of rotatable bonds is 2. The number of hydrogen-bond donors (Lipinski definition) is 1. The van der Waals surface area contributed by atoms with Gasteiger partial charge in [-0.15, -0.1) is 0 Å². The molecule has 1 aliphatic rings. The monoisotopic (exact) mass is 256 g/mol. The van der Waals surface area contributed by atoms with Gasteiger partial charge in [0.15, 0.2) is 0 Å².